The fourth-order valence-electron chi connectivity index (χ4n) is 1.40. The highest BCUT2D eigenvalue weighted by molar-refractivity contribution is 8.13. The van der Waals surface area contributed by atoms with Crippen LogP contribution in [0.15, 0.2) is 23.2 Å². The number of hydrogen-bond donors (Lipinski definition) is 2. The van der Waals surface area contributed by atoms with Crippen molar-refractivity contribution in [1.82, 2.24) is 5.32 Å². The van der Waals surface area contributed by atoms with Crippen molar-refractivity contribution >= 4 is 40.3 Å². The van der Waals surface area contributed by atoms with Crippen LogP contribution in [-0.2, 0) is 9.53 Å². The Morgan fingerprint density at radius 1 is 1.35 bits per heavy atom. The van der Waals surface area contributed by atoms with Crippen LogP contribution in [0.2, 0.25) is 0 Å². The second-order valence-electron chi connectivity index (χ2n) is 3.94. The van der Waals surface area contributed by atoms with Crippen LogP contribution in [0.3, 0.4) is 0 Å². The zero-order valence-electron chi connectivity index (χ0n) is 11.8. The molecule has 0 aliphatic heterocycles. The fraction of sp³-hybridized carbons (Fsp3) is 0.308. The average molecular weight is 295 g/mol. The second kappa shape index (κ2) is 7.54. The number of benzene rings is 1. The van der Waals surface area contributed by atoms with Gasteiger partial charge in [-0.1, -0.05) is 17.8 Å². The number of carbonyl (C=O) groups is 2. The summed E-state index contributed by atoms with van der Waals surface area (Å²) in [5.41, 5.74) is 2.15. The molecule has 108 valence electrons. The molecule has 1 aromatic carbocycles. The van der Waals surface area contributed by atoms with Gasteiger partial charge < -0.3 is 10.1 Å². The molecule has 2 amide bonds. The van der Waals surface area contributed by atoms with Gasteiger partial charge in [0.15, 0.2) is 5.17 Å². The van der Waals surface area contributed by atoms with Crippen molar-refractivity contribution < 1.29 is 14.3 Å². The number of aryl methyl sites for hydroxylation is 1. The van der Waals surface area contributed by atoms with Crippen molar-refractivity contribution in [3.8, 4) is 0 Å². The molecular formula is C13H17N3O3S. The second-order valence-corrected chi connectivity index (χ2v) is 4.73. The third-order valence-electron chi connectivity index (χ3n) is 2.27. The molecule has 0 saturated heterocycles. The third kappa shape index (κ3) is 4.93. The van der Waals surface area contributed by atoms with E-state index in [9.17, 15) is 9.59 Å². The van der Waals surface area contributed by atoms with Crippen molar-refractivity contribution in [1.29, 1.82) is 0 Å². The van der Waals surface area contributed by atoms with E-state index in [-0.39, 0.29) is 5.91 Å². The molecule has 0 atom stereocenters. The van der Waals surface area contributed by atoms with Crippen LogP contribution in [0.25, 0.3) is 0 Å². The molecule has 20 heavy (non-hydrogen) atoms. The van der Waals surface area contributed by atoms with E-state index in [4.69, 9.17) is 0 Å². The number of ether oxygens (including phenoxy) is 1. The SMILES string of the molecule is COC(=O)NC(=Nc1cc(C)ccc1NC(C)=O)SC. The lowest BCUT2D eigenvalue weighted by molar-refractivity contribution is -0.114. The number of nitrogens with one attached hydrogen (secondary N) is 2. The summed E-state index contributed by atoms with van der Waals surface area (Å²) in [4.78, 5) is 26.7. The Labute approximate surface area is 122 Å². The highest BCUT2D eigenvalue weighted by Crippen LogP contribution is 2.27. The summed E-state index contributed by atoms with van der Waals surface area (Å²) >= 11 is 1.27. The molecule has 0 unspecified atom stereocenters. The Morgan fingerprint density at radius 3 is 2.60 bits per heavy atom. The summed E-state index contributed by atoms with van der Waals surface area (Å²) < 4.78 is 4.52. The molecule has 1 rings (SSSR count). The Morgan fingerprint density at radius 2 is 2.05 bits per heavy atom. The van der Waals surface area contributed by atoms with E-state index in [1.54, 1.807) is 12.3 Å². The number of alkyl carbamates (subject to hydrolysis) is 1. The standard InChI is InChI=1S/C13H17N3O3S/c1-8-5-6-10(14-9(2)17)11(7-8)15-12(20-4)16-13(18)19-3/h5-7H,1-4H3,(H,14,17)(H,15,16,18). The van der Waals surface area contributed by atoms with Crippen molar-refractivity contribution in [2.24, 2.45) is 4.99 Å². The van der Waals surface area contributed by atoms with Crippen LogP contribution in [0.4, 0.5) is 16.2 Å². The predicted molar refractivity (Wildman–Crippen MR) is 81.6 cm³/mol. The maximum absolute atomic E-state index is 11.2. The molecule has 0 fully saturated rings. The number of nitrogens with zero attached hydrogens (tertiary/aromatic N) is 1. The van der Waals surface area contributed by atoms with Gasteiger partial charge in [0.2, 0.25) is 5.91 Å². The number of rotatable bonds is 2. The van der Waals surface area contributed by atoms with E-state index in [2.05, 4.69) is 20.4 Å². The summed E-state index contributed by atoms with van der Waals surface area (Å²) in [7, 11) is 1.28. The number of amidine groups is 1. The van der Waals surface area contributed by atoms with E-state index in [0.29, 0.717) is 16.5 Å². The number of carbonyl (C=O) groups excluding carboxylic acids is 2. The Bertz CT molecular complexity index is 544. The van der Waals surface area contributed by atoms with Gasteiger partial charge in [-0.25, -0.2) is 9.79 Å². The van der Waals surface area contributed by atoms with E-state index in [0.717, 1.165) is 5.56 Å². The number of aliphatic imine (C=N–C) groups is 1. The molecule has 0 spiro atoms. The minimum absolute atomic E-state index is 0.183. The first-order valence-electron chi connectivity index (χ1n) is 5.82. The minimum atomic E-state index is -0.591. The van der Waals surface area contributed by atoms with Gasteiger partial charge in [0.25, 0.3) is 0 Å². The molecule has 0 radical (unpaired) electrons. The number of hydrogen-bond acceptors (Lipinski definition) is 5. The van der Waals surface area contributed by atoms with Crippen LogP contribution in [-0.4, -0.2) is 30.5 Å². The van der Waals surface area contributed by atoms with Gasteiger partial charge in [0, 0.05) is 6.92 Å². The van der Waals surface area contributed by atoms with Gasteiger partial charge >= 0.3 is 6.09 Å². The molecule has 0 aliphatic rings. The first-order chi connectivity index (χ1) is 9.46. The maximum atomic E-state index is 11.2. The van der Waals surface area contributed by atoms with Gasteiger partial charge in [-0.15, -0.1) is 0 Å². The third-order valence-corrected chi connectivity index (χ3v) is 2.85. The van der Waals surface area contributed by atoms with Gasteiger partial charge in [0.05, 0.1) is 18.5 Å². The van der Waals surface area contributed by atoms with Crippen LogP contribution >= 0.6 is 11.8 Å². The predicted octanol–water partition coefficient (Wildman–Crippen LogP) is 2.66. The quantitative estimate of drug-likeness (QED) is 0.649. The molecule has 7 heteroatoms. The van der Waals surface area contributed by atoms with Crippen LogP contribution < -0.4 is 10.6 Å². The van der Waals surface area contributed by atoms with E-state index in [1.807, 2.05) is 19.1 Å². The summed E-state index contributed by atoms with van der Waals surface area (Å²) in [6.45, 7) is 3.35. The van der Waals surface area contributed by atoms with E-state index >= 15 is 0 Å². The Balaban J connectivity index is 3.11. The smallest absolute Gasteiger partial charge is 0.412 e. The number of anilines is 1. The zero-order valence-corrected chi connectivity index (χ0v) is 12.6. The Hall–Kier alpha value is -2.02. The highest BCUT2D eigenvalue weighted by atomic mass is 32.2. The topological polar surface area (TPSA) is 79.8 Å². The summed E-state index contributed by atoms with van der Waals surface area (Å²) in [5.74, 6) is -0.183. The minimum Gasteiger partial charge on any atom is -0.453 e. The lowest BCUT2D eigenvalue weighted by Gasteiger charge is -2.09. The van der Waals surface area contributed by atoms with Crippen molar-refractivity contribution in [3.05, 3.63) is 23.8 Å². The molecule has 0 bridgehead atoms. The highest BCUT2D eigenvalue weighted by Gasteiger charge is 2.08. The lowest BCUT2D eigenvalue weighted by atomic mass is 10.2. The Kier molecular flexibility index (Phi) is 6.05. The maximum Gasteiger partial charge on any atom is 0.412 e. The molecule has 0 aromatic heterocycles. The van der Waals surface area contributed by atoms with Gasteiger partial charge in [0.1, 0.15) is 0 Å². The molecule has 0 aliphatic carbocycles. The van der Waals surface area contributed by atoms with E-state index < -0.39 is 6.09 Å². The average Bonchev–Trinajstić information content (AvgIpc) is 2.40. The van der Waals surface area contributed by atoms with Gasteiger partial charge in [-0.05, 0) is 30.9 Å². The van der Waals surface area contributed by atoms with Gasteiger partial charge in [-0.2, -0.15) is 0 Å². The number of amides is 2. The molecular weight excluding hydrogens is 278 g/mol. The monoisotopic (exact) mass is 295 g/mol. The molecule has 6 nitrogen and oxygen atoms in total. The van der Waals surface area contributed by atoms with Crippen molar-refractivity contribution in [2.75, 3.05) is 18.7 Å². The van der Waals surface area contributed by atoms with Gasteiger partial charge in [-0.3, -0.25) is 10.1 Å². The lowest BCUT2D eigenvalue weighted by Crippen LogP contribution is -2.27. The molecule has 0 heterocycles. The molecule has 1 aromatic rings. The number of methoxy groups -OCH3 is 1. The zero-order chi connectivity index (χ0) is 15.1. The van der Waals surface area contributed by atoms with Crippen molar-refractivity contribution in [2.45, 2.75) is 13.8 Å². The van der Waals surface area contributed by atoms with Crippen LogP contribution in [0.5, 0.6) is 0 Å². The first kappa shape index (κ1) is 16.0. The number of thioether (sulfide) groups is 1. The van der Waals surface area contributed by atoms with E-state index in [1.165, 1.54) is 25.8 Å². The first-order valence-corrected chi connectivity index (χ1v) is 7.04. The van der Waals surface area contributed by atoms with Crippen LogP contribution in [0, 0.1) is 6.92 Å². The van der Waals surface area contributed by atoms with Crippen LogP contribution in [0.1, 0.15) is 12.5 Å². The van der Waals surface area contributed by atoms with Crippen molar-refractivity contribution in [3.63, 3.8) is 0 Å². The summed E-state index contributed by atoms with van der Waals surface area (Å²) in [5, 5.41) is 5.59. The largest absolute Gasteiger partial charge is 0.453 e. The normalized spacial score (nSPS) is 10.9. The molecule has 0 saturated carbocycles. The summed E-state index contributed by atoms with van der Waals surface area (Å²) in [6, 6.07) is 5.46. The fourth-order valence-corrected chi connectivity index (χ4v) is 1.78. The summed E-state index contributed by atoms with van der Waals surface area (Å²) in [6.07, 6.45) is 1.19. The molecule has 2 N–H and O–H groups in total.